The number of phenolic OH excluding ortho intramolecular Hbond substituents is 1. The Hall–Kier alpha value is -1.91. The molecular formula is C15H22O5. The van der Waals surface area contributed by atoms with Gasteiger partial charge < -0.3 is 19.7 Å². The summed E-state index contributed by atoms with van der Waals surface area (Å²) in [5, 5.41) is 19.2. The Bertz CT molecular complexity index is 492. The molecule has 0 unspecified atom stereocenters. The molecule has 5 nitrogen and oxygen atoms in total. The lowest BCUT2D eigenvalue weighted by Gasteiger charge is -2.21. The maximum Gasteiger partial charge on any atom is 0.511 e. The summed E-state index contributed by atoms with van der Waals surface area (Å²) in [6.07, 6.45) is -1.44. The van der Waals surface area contributed by atoms with Crippen molar-refractivity contribution in [2.24, 2.45) is 0 Å². The number of phenols is 1. The van der Waals surface area contributed by atoms with Crippen LogP contribution < -0.4 is 9.47 Å². The maximum absolute atomic E-state index is 10.8. The highest BCUT2D eigenvalue weighted by Crippen LogP contribution is 2.46. The first-order valence-electron chi connectivity index (χ1n) is 6.72. The Morgan fingerprint density at radius 1 is 1.25 bits per heavy atom. The Balaban J connectivity index is 3.56. The van der Waals surface area contributed by atoms with Crippen LogP contribution in [0, 0.1) is 0 Å². The van der Waals surface area contributed by atoms with Crippen LogP contribution in [-0.4, -0.2) is 23.0 Å². The van der Waals surface area contributed by atoms with E-state index in [1.165, 1.54) is 0 Å². The average molecular weight is 282 g/mol. The zero-order valence-corrected chi connectivity index (χ0v) is 12.6. The molecule has 0 saturated carbocycles. The molecule has 0 fully saturated rings. The molecule has 0 atom stereocenters. The number of aromatic hydroxyl groups is 1. The number of rotatable bonds is 5. The molecule has 1 aromatic carbocycles. The van der Waals surface area contributed by atoms with Gasteiger partial charge in [-0.05, 0) is 24.8 Å². The Kier molecular flexibility index (Phi) is 5.25. The summed E-state index contributed by atoms with van der Waals surface area (Å²) in [7, 11) is 0. The SMILES string of the molecule is CCOc1cc(C(C)C)c(OC(=O)O)c(O)c1C(C)C. The molecular weight excluding hydrogens is 260 g/mol. The summed E-state index contributed by atoms with van der Waals surface area (Å²) in [6.45, 7) is 9.92. The van der Waals surface area contributed by atoms with E-state index in [9.17, 15) is 9.90 Å². The summed E-state index contributed by atoms with van der Waals surface area (Å²) in [5.41, 5.74) is 1.17. The van der Waals surface area contributed by atoms with Crippen molar-refractivity contribution in [3.8, 4) is 17.2 Å². The molecule has 0 radical (unpaired) electrons. The topological polar surface area (TPSA) is 76.0 Å². The zero-order valence-electron chi connectivity index (χ0n) is 12.6. The summed E-state index contributed by atoms with van der Waals surface area (Å²) in [6, 6.07) is 1.75. The summed E-state index contributed by atoms with van der Waals surface area (Å²) in [5.74, 6) is 0.391. The van der Waals surface area contributed by atoms with E-state index in [1.807, 2.05) is 34.6 Å². The molecule has 0 spiro atoms. The fourth-order valence-corrected chi connectivity index (χ4v) is 2.12. The van der Waals surface area contributed by atoms with Gasteiger partial charge in [0, 0.05) is 11.1 Å². The van der Waals surface area contributed by atoms with E-state index in [4.69, 9.17) is 14.6 Å². The van der Waals surface area contributed by atoms with E-state index in [-0.39, 0.29) is 23.3 Å². The van der Waals surface area contributed by atoms with Crippen molar-refractivity contribution in [2.75, 3.05) is 6.61 Å². The van der Waals surface area contributed by atoms with Crippen LogP contribution in [-0.2, 0) is 0 Å². The Labute approximate surface area is 119 Å². The first-order chi connectivity index (χ1) is 9.29. The number of ether oxygens (including phenoxy) is 2. The molecule has 0 aliphatic carbocycles. The zero-order chi connectivity index (χ0) is 15.4. The molecule has 0 bridgehead atoms. The second kappa shape index (κ2) is 6.50. The number of hydrogen-bond acceptors (Lipinski definition) is 4. The number of carbonyl (C=O) groups is 1. The fourth-order valence-electron chi connectivity index (χ4n) is 2.12. The minimum absolute atomic E-state index is 0.000321. The third kappa shape index (κ3) is 3.35. The van der Waals surface area contributed by atoms with Gasteiger partial charge in [0.25, 0.3) is 0 Å². The molecule has 0 saturated heterocycles. The van der Waals surface area contributed by atoms with Crippen LogP contribution in [0.15, 0.2) is 6.07 Å². The molecule has 1 aromatic rings. The van der Waals surface area contributed by atoms with E-state index in [2.05, 4.69) is 0 Å². The lowest BCUT2D eigenvalue weighted by atomic mass is 9.93. The van der Waals surface area contributed by atoms with Crippen molar-refractivity contribution in [3.05, 3.63) is 17.2 Å². The highest BCUT2D eigenvalue weighted by atomic mass is 16.7. The van der Waals surface area contributed by atoms with Crippen molar-refractivity contribution in [2.45, 2.75) is 46.5 Å². The summed E-state index contributed by atoms with van der Waals surface area (Å²) >= 11 is 0. The minimum Gasteiger partial charge on any atom is -0.504 e. The van der Waals surface area contributed by atoms with Gasteiger partial charge in [-0.2, -0.15) is 0 Å². The molecule has 1 rings (SSSR count). The van der Waals surface area contributed by atoms with Gasteiger partial charge >= 0.3 is 6.16 Å². The molecule has 0 amide bonds. The fraction of sp³-hybridized carbons (Fsp3) is 0.533. The van der Waals surface area contributed by atoms with Crippen LogP contribution >= 0.6 is 0 Å². The summed E-state index contributed by atoms with van der Waals surface area (Å²) in [4.78, 5) is 10.8. The molecule has 0 aromatic heterocycles. The van der Waals surface area contributed by atoms with Crippen LogP contribution in [0.1, 0.15) is 57.6 Å². The van der Waals surface area contributed by atoms with E-state index in [1.54, 1.807) is 6.07 Å². The van der Waals surface area contributed by atoms with Crippen molar-refractivity contribution in [1.29, 1.82) is 0 Å². The van der Waals surface area contributed by atoms with Gasteiger partial charge in [0.2, 0.25) is 0 Å². The van der Waals surface area contributed by atoms with Gasteiger partial charge in [-0.15, -0.1) is 0 Å². The predicted molar refractivity (Wildman–Crippen MR) is 76.1 cm³/mol. The minimum atomic E-state index is -1.44. The van der Waals surface area contributed by atoms with Crippen LogP contribution in [0.5, 0.6) is 17.2 Å². The normalized spacial score (nSPS) is 10.9. The van der Waals surface area contributed by atoms with E-state index >= 15 is 0 Å². The summed E-state index contributed by atoms with van der Waals surface area (Å²) < 4.78 is 10.3. The van der Waals surface area contributed by atoms with Gasteiger partial charge in [0.05, 0.1) is 6.61 Å². The standard InChI is InChI=1S/C15H22O5/c1-6-19-11-7-10(8(2)3)14(20-15(17)18)13(16)12(11)9(4)5/h7-9,16H,6H2,1-5H3,(H,17,18). The first kappa shape index (κ1) is 16.1. The highest BCUT2D eigenvalue weighted by molar-refractivity contribution is 5.68. The molecule has 0 aliphatic rings. The smallest absolute Gasteiger partial charge is 0.504 e. The number of carboxylic acid groups (broad SMARTS) is 1. The van der Waals surface area contributed by atoms with Crippen molar-refractivity contribution < 1.29 is 24.5 Å². The second-order valence-electron chi connectivity index (χ2n) is 5.17. The molecule has 5 heteroatoms. The molecule has 0 heterocycles. The molecule has 2 N–H and O–H groups in total. The quantitative estimate of drug-likeness (QED) is 0.628. The van der Waals surface area contributed by atoms with Gasteiger partial charge in [0.15, 0.2) is 11.5 Å². The van der Waals surface area contributed by atoms with Crippen molar-refractivity contribution >= 4 is 6.16 Å². The highest BCUT2D eigenvalue weighted by Gasteiger charge is 2.24. The Morgan fingerprint density at radius 2 is 1.85 bits per heavy atom. The average Bonchev–Trinajstić information content (AvgIpc) is 2.31. The number of benzene rings is 1. The van der Waals surface area contributed by atoms with Gasteiger partial charge in [-0.3, -0.25) is 0 Å². The van der Waals surface area contributed by atoms with E-state index < -0.39 is 6.16 Å². The Morgan fingerprint density at radius 3 is 2.25 bits per heavy atom. The van der Waals surface area contributed by atoms with Crippen LogP contribution in [0.4, 0.5) is 4.79 Å². The molecule has 112 valence electrons. The molecule has 20 heavy (non-hydrogen) atoms. The van der Waals surface area contributed by atoms with Gasteiger partial charge in [-0.25, -0.2) is 4.79 Å². The third-order valence-electron chi connectivity index (χ3n) is 2.97. The van der Waals surface area contributed by atoms with Crippen molar-refractivity contribution in [1.82, 2.24) is 0 Å². The first-order valence-corrected chi connectivity index (χ1v) is 6.72. The number of hydrogen-bond donors (Lipinski definition) is 2. The molecule has 0 aliphatic heterocycles. The monoisotopic (exact) mass is 282 g/mol. The lowest BCUT2D eigenvalue weighted by molar-refractivity contribution is 0.142. The van der Waals surface area contributed by atoms with Gasteiger partial charge in [0.1, 0.15) is 5.75 Å². The third-order valence-corrected chi connectivity index (χ3v) is 2.97. The van der Waals surface area contributed by atoms with Gasteiger partial charge in [-0.1, -0.05) is 27.7 Å². The van der Waals surface area contributed by atoms with Crippen LogP contribution in [0.25, 0.3) is 0 Å². The second-order valence-corrected chi connectivity index (χ2v) is 5.17. The van der Waals surface area contributed by atoms with Crippen molar-refractivity contribution in [3.63, 3.8) is 0 Å². The van der Waals surface area contributed by atoms with E-state index in [0.29, 0.717) is 23.5 Å². The maximum atomic E-state index is 10.8. The lowest BCUT2D eigenvalue weighted by Crippen LogP contribution is -2.09. The van der Waals surface area contributed by atoms with Crippen LogP contribution in [0.2, 0.25) is 0 Å². The predicted octanol–water partition coefficient (Wildman–Crippen LogP) is 4.09. The van der Waals surface area contributed by atoms with E-state index in [0.717, 1.165) is 0 Å². The van der Waals surface area contributed by atoms with Crippen LogP contribution in [0.3, 0.4) is 0 Å². The largest absolute Gasteiger partial charge is 0.511 e.